The Morgan fingerprint density at radius 2 is 1.66 bits per heavy atom. The minimum absolute atomic E-state index is 0.0359. The average Bonchev–Trinajstić information content (AvgIpc) is 3.11. The molecule has 6 heteroatoms. The van der Waals surface area contributed by atoms with Crippen LogP contribution >= 0.6 is 23.2 Å². The summed E-state index contributed by atoms with van der Waals surface area (Å²) in [4.78, 5) is 12.6. The first kappa shape index (κ1) is 21.4. The number of rotatable bonds is 8. The van der Waals surface area contributed by atoms with E-state index in [2.05, 4.69) is 17.3 Å². The Balaban J connectivity index is 1.70. The maximum Gasteiger partial charge on any atom is 0.220 e. The molecule has 1 amide bonds. The Hall–Kier alpha value is -2.30. The van der Waals surface area contributed by atoms with Crippen LogP contribution in [0.5, 0.6) is 0 Å². The second-order valence-corrected chi connectivity index (χ2v) is 8.16. The van der Waals surface area contributed by atoms with Crippen molar-refractivity contribution in [3.8, 4) is 0 Å². The lowest BCUT2D eigenvalue weighted by Crippen LogP contribution is -2.38. The molecule has 0 unspecified atom stereocenters. The summed E-state index contributed by atoms with van der Waals surface area (Å²) in [6, 6.07) is 17.6. The number of halogens is 2. The molecule has 0 radical (unpaired) electrons. The SMILES string of the molecule is C[C@@H](NC(=O)CCc1ccnn1C)[C@H](Cc1ccc(Cl)cc1)c1ccc(Cl)cc1. The van der Waals surface area contributed by atoms with E-state index in [1.807, 2.05) is 61.6 Å². The summed E-state index contributed by atoms with van der Waals surface area (Å²) >= 11 is 12.1. The molecule has 152 valence electrons. The molecule has 29 heavy (non-hydrogen) atoms. The fourth-order valence-corrected chi connectivity index (χ4v) is 3.73. The largest absolute Gasteiger partial charge is 0.353 e. The van der Waals surface area contributed by atoms with Gasteiger partial charge in [-0.3, -0.25) is 9.48 Å². The number of carbonyl (C=O) groups is 1. The van der Waals surface area contributed by atoms with Crippen LogP contribution in [0, 0.1) is 0 Å². The maximum absolute atomic E-state index is 12.6. The first-order valence-electron chi connectivity index (χ1n) is 9.68. The summed E-state index contributed by atoms with van der Waals surface area (Å²) < 4.78 is 1.80. The van der Waals surface area contributed by atoms with Crippen molar-refractivity contribution in [2.75, 3.05) is 0 Å². The number of aryl methyl sites for hydroxylation is 2. The number of hydrogen-bond acceptors (Lipinski definition) is 2. The highest BCUT2D eigenvalue weighted by Gasteiger charge is 2.22. The Labute approximate surface area is 181 Å². The lowest BCUT2D eigenvalue weighted by atomic mass is 9.86. The number of nitrogens with one attached hydrogen (secondary N) is 1. The summed E-state index contributed by atoms with van der Waals surface area (Å²) in [6.45, 7) is 2.05. The van der Waals surface area contributed by atoms with Gasteiger partial charge in [-0.2, -0.15) is 5.10 Å². The van der Waals surface area contributed by atoms with Crippen LogP contribution < -0.4 is 5.32 Å². The van der Waals surface area contributed by atoms with Crippen molar-refractivity contribution in [2.45, 2.75) is 38.1 Å². The number of aromatic nitrogens is 2. The van der Waals surface area contributed by atoms with Crippen molar-refractivity contribution in [1.82, 2.24) is 15.1 Å². The van der Waals surface area contributed by atoms with Crippen molar-refractivity contribution >= 4 is 29.1 Å². The molecular weight excluding hydrogens is 405 g/mol. The molecule has 4 nitrogen and oxygen atoms in total. The minimum atomic E-state index is -0.0362. The smallest absolute Gasteiger partial charge is 0.220 e. The van der Waals surface area contributed by atoms with Gasteiger partial charge in [-0.05, 0) is 61.2 Å². The molecule has 0 spiro atoms. The number of benzene rings is 2. The Kier molecular flexibility index (Phi) is 7.34. The Morgan fingerprint density at radius 1 is 1.03 bits per heavy atom. The Bertz CT molecular complexity index is 936. The van der Waals surface area contributed by atoms with Crippen molar-refractivity contribution in [1.29, 1.82) is 0 Å². The van der Waals surface area contributed by atoms with Gasteiger partial charge >= 0.3 is 0 Å². The monoisotopic (exact) mass is 429 g/mol. The van der Waals surface area contributed by atoms with Crippen LogP contribution in [-0.4, -0.2) is 21.7 Å². The van der Waals surface area contributed by atoms with Gasteiger partial charge in [-0.1, -0.05) is 47.5 Å². The van der Waals surface area contributed by atoms with Crippen LogP contribution in [0.4, 0.5) is 0 Å². The molecule has 0 aliphatic carbocycles. The van der Waals surface area contributed by atoms with E-state index in [0.29, 0.717) is 22.9 Å². The summed E-state index contributed by atoms with van der Waals surface area (Å²) in [5, 5.41) is 8.74. The van der Waals surface area contributed by atoms with Crippen LogP contribution in [0.3, 0.4) is 0 Å². The molecule has 3 aromatic rings. The first-order chi connectivity index (χ1) is 13.9. The van der Waals surface area contributed by atoms with Crippen LogP contribution in [0.2, 0.25) is 10.0 Å². The van der Waals surface area contributed by atoms with Gasteiger partial charge < -0.3 is 5.32 Å². The van der Waals surface area contributed by atoms with Crippen molar-refractivity contribution in [2.24, 2.45) is 7.05 Å². The second kappa shape index (κ2) is 9.95. The van der Waals surface area contributed by atoms with E-state index >= 15 is 0 Å². The number of carbonyl (C=O) groups excluding carboxylic acids is 1. The molecule has 0 saturated heterocycles. The molecule has 0 saturated carbocycles. The third-order valence-corrected chi connectivity index (χ3v) is 5.69. The van der Waals surface area contributed by atoms with Gasteiger partial charge in [0.15, 0.2) is 0 Å². The molecule has 1 heterocycles. The van der Waals surface area contributed by atoms with Crippen molar-refractivity contribution < 1.29 is 4.79 Å². The molecule has 0 aliphatic rings. The molecule has 1 aromatic heterocycles. The third-order valence-electron chi connectivity index (χ3n) is 5.19. The normalized spacial score (nSPS) is 13.1. The topological polar surface area (TPSA) is 46.9 Å². The van der Waals surface area contributed by atoms with Gasteiger partial charge in [0.2, 0.25) is 5.91 Å². The predicted molar refractivity (Wildman–Crippen MR) is 118 cm³/mol. The number of nitrogens with zero attached hydrogens (tertiary/aromatic N) is 2. The quantitative estimate of drug-likeness (QED) is 0.535. The fraction of sp³-hybridized carbons (Fsp3) is 0.304. The zero-order valence-corrected chi connectivity index (χ0v) is 18.1. The van der Waals surface area contributed by atoms with E-state index < -0.39 is 0 Å². The summed E-state index contributed by atoms with van der Waals surface area (Å²) in [5.41, 5.74) is 3.36. The highest BCUT2D eigenvalue weighted by molar-refractivity contribution is 6.30. The molecule has 3 rings (SSSR count). The first-order valence-corrected chi connectivity index (χ1v) is 10.4. The van der Waals surface area contributed by atoms with Gasteiger partial charge in [0.1, 0.15) is 0 Å². The highest BCUT2D eigenvalue weighted by Crippen LogP contribution is 2.27. The van der Waals surface area contributed by atoms with Crippen LogP contribution in [-0.2, 0) is 24.7 Å². The molecule has 0 fully saturated rings. The minimum Gasteiger partial charge on any atom is -0.353 e. The maximum atomic E-state index is 12.6. The average molecular weight is 430 g/mol. The molecular formula is C23H25Cl2N3O. The number of amides is 1. The van der Waals surface area contributed by atoms with Gasteiger partial charge in [0.05, 0.1) is 0 Å². The van der Waals surface area contributed by atoms with Crippen LogP contribution in [0.25, 0.3) is 0 Å². The number of hydrogen-bond donors (Lipinski definition) is 1. The molecule has 0 bridgehead atoms. The van der Waals surface area contributed by atoms with E-state index in [-0.39, 0.29) is 17.9 Å². The fourth-order valence-electron chi connectivity index (χ4n) is 3.48. The van der Waals surface area contributed by atoms with E-state index in [4.69, 9.17) is 23.2 Å². The summed E-state index contributed by atoms with van der Waals surface area (Å²) in [7, 11) is 1.89. The lowest BCUT2D eigenvalue weighted by molar-refractivity contribution is -0.121. The van der Waals surface area contributed by atoms with Gasteiger partial charge in [-0.25, -0.2) is 0 Å². The van der Waals surface area contributed by atoms with E-state index in [1.165, 1.54) is 5.56 Å². The van der Waals surface area contributed by atoms with Gasteiger partial charge in [0, 0.05) is 47.4 Å². The van der Waals surface area contributed by atoms with Gasteiger partial charge in [-0.15, -0.1) is 0 Å². The lowest BCUT2D eigenvalue weighted by Gasteiger charge is -2.26. The zero-order valence-electron chi connectivity index (χ0n) is 16.6. The molecule has 2 aromatic carbocycles. The molecule has 1 N–H and O–H groups in total. The molecule has 2 atom stereocenters. The van der Waals surface area contributed by atoms with Crippen LogP contribution in [0.1, 0.15) is 36.1 Å². The summed E-state index contributed by atoms with van der Waals surface area (Å²) in [5.74, 6) is 0.155. The van der Waals surface area contributed by atoms with Crippen LogP contribution in [0.15, 0.2) is 60.8 Å². The third kappa shape index (κ3) is 6.09. The highest BCUT2D eigenvalue weighted by atomic mass is 35.5. The summed E-state index contributed by atoms with van der Waals surface area (Å²) in [6.07, 6.45) is 3.64. The molecule has 0 aliphatic heterocycles. The van der Waals surface area contributed by atoms with Gasteiger partial charge in [0.25, 0.3) is 0 Å². The van der Waals surface area contributed by atoms with E-state index in [9.17, 15) is 4.79 Å². The van der Waals surface area contributed by atoms with Crippen molar-refractivity contribution in [3.63, 3.8) is 0 Å². The van der Waals surface area contributed by atoms with E-state index in [1.54, 1.807) is 10.9 Å². The van der Waals surface area contributed by atoms with E-state index in [0.717, 1.165) is 17.7 Å². The standard InChI is InChI=1S/C23H25Cl2N3O/c1-16(27-23(29)12-11-21-13-14-26-28(21)2)22(18-5-9-20(25)10-6-18)15-17-3-7-19(24)8-4-17/h3-10,13-14,16,22H,11-12,15H2,1-2H3,(H,27,29)/t16-,22+/m1/s1. The Morgan fingerprint density at radius 3 is 2.24 bits per heavy atom. The second-order valence-electron chi connectivity index (χ2n) is 7.29. The predicted octanol–water partition coefficient (Wildman–Crippen LogP) is 5.19. The van der Waals surface area contributed by atoms with Crippen molar-refractivity contribution in [3.05, 3.63) is 87.7 Å². The zero-order chi connectivity index (χ0) is 20.8.